The zero-order valence-corrected chi connectivity index (χ0v) is 11.7. The van der Waals surface area contributed by atoms with Gasteiger partial charge in [-0.15, -0.1) is 11.3 Å². The highest BCUT2D eigenvalue weighted by molar-refractivity contribution is 7.17. The van der Waals surface area contributed by atoms with Crippen molar-refractivity contribution >= 4 is 21.4 Å². The molecule has 0 aliphatic heterocycles. The normalized spacial score (nSPS) is 12.9. The molecule has 2 N–H and O–H groups in total. The quantitative estimate of drug-likeness (QED) is 0.742. The van der Waals surface area contributed by atoms with Gasteiger partial charge in [0, 0.05) is 17.1 Å². The van der Waals surface area contributed by atoms with Crippen LogP contribution in [0.4, 0.5) is 0 Å². The van der Waals surface area contributed by atoms with Gasteiger partial charge in [-0.2, -0.15) is 0 Å². The van der Waals surface area contributed by atoms with E-state index in [-0.39, 0.29) is 6.04 Å². The molecule has 3 aromatic rings. The number of aromatic amines is 1. The Bertz CT molecular complexity index is 642. The molecule has 2 heterocycles. The van der Waals surface area contributed by atoms with E-state index in [4.69, 9.17) is 0 Å². The molecule has 2 aromatic heterocycles. The Morgan fingerprint density at radius 1 is 1.37 bits per heavy atom. The minimum absolute atomic E-state index is 0.136. The maximum absolute atomic E-state index is 4.42. The van der Waals surface area contributed by atoms with E-state index >= 15 is 0 Å². The third-order valence-electron chi connectivity index (χ3n) is 3.21. The van der Waals surface area contributed by atoms with Gasteiger partial charge < -0.3 is 10.3 Å². The maximum atomic E-state index is 4.42. The zero-order valence-electron chi connectivity index (χ0n) is 10.9. The predicted molar refractivity (Wildman–Crippen MR) is 80.5 cm³/mol. The van der Waals surface area contributed by atoms with Crippen molar-refractivity contribution in [2.45, 2.75) is 19.4 Å². The van der Waals surface area contributed by atoms with Crippen LogP contribution in [0.3, 0.4) is 0 Å². The Labute approximate surface area is 116 Å². The first-order chi connectivity index (χ1) is 9.40. The summed E-state index contributed by atoms with van der Waals surface area (Å²) in [5.41, 5.74) is 1.30. The molecule has 0 spiro atoms. The summed E-state index contributed by atoms with van der Waals surface area (Å²) in [4.78, 5) is 7.66. The Kier molecular flexibility index (Phi) is 3.62. The molecule has 3 rings (SSSR count). The van der Waals surface area contributed by atoms with Crippen LogP contribution in [0.2, 0.25) is 0 Å². The van der Waals surface area contributed by atoms with E-state index in [0.29, 0.717) is 0 Å². The van der Waals surface area contributed by atoms with Crippen LogP contribution in [0.5, 0.6) is 0 Å². The van der Waals surface area contributed by atoms with Gasteiger partial charge in [-0.05, 0) is 35.4 Å². The molecule has 3 nitrogen and oxygen atoms in total. The van der Waals surface area contributed by atoms with Crippen molar-refractivity contribution in [2.24, 2.45) is 0 Å². The van der Waals surface area contributed by atoms with E-state index < -0.39 is 0 Å². The number of H-pyrrole nitrogens is 1. The molecule has 98 valence electrons. The molecule has 1 atom stereocenters. The van der Waals surface area contributed by atoms with E-state index in [1.807, 2.05) is 12.4 Å². The van der Waals surface area contributed by atoms with Crippen molar-refractivity contribution in [3.8, 4) is 0 Å². The molecule has 0 bridgehead atoms. The van der Waals surface area contributed by atoms with Crippen LogP contribution in [0.15, 0.2) is 42.0 Å². The number of imidazole rings is 1. The van der Waals surface area contributed by atoms with Crippen molar-refractivity contribution in [2.75, 3.05) is 6.54 Å². The minimum atomic E-state index is 0.136. The molecule has 1 unspecified atom stereocenters. The molecule has 4 heteroatoms. The Hall–Kier alpha value is -1.65. The molecule has 1 aromatic carbocycles. The fraction of sp³-hybridized carbons (Fsp3) is 0.267. The number of nitrogens with one attached hydrogen (secondary N) is 2. The minimum Gasteiger partial charge on any atom is -0.347 e. The van der Waals surface area contributed by atoms with Gasteiger partial charge in [-0.3, -0.25) is 0 Å². The first-order valence-corrected chi connectivity index (χ1v) is 7.47. The summed E-state index contributed by atoms with van der Waals surface area (Å²) in [5, 5.41) is 7.03. The fourth-order valence-electron chi connectivity index (χ4n) is 2.32. The molecule has 0 fully saturated rings. The lowest BCUT2D eigenvalue weighted by atomic mass is 10.0. The van der Waals surface area contributed by atoms with Gasteiger partial charge in [0.05, 0.1) is 6.04 Å². The molecular formula is C15H17N3S. The summed E-state index contributed by atoms with van der Waals surface area (Å²) in [6, 6.07) is 8.77. The number of fused-ring (bicyclic) bond motifs is 1. The molecule has 0 amide bonds. The zero-order chi connectivity index (χ0) is 13.1. The second-order valence-corrected chi connectivity index (χ2v) is 5.46. The average molecular weight is 271 g/mol. The van der Waals surface area contributed by atoms with Crippen LogP contribution in [0, 0.1) is 0 Å². The SMILES string of the molecule is CCCNC(c1ncc[nH]1)c1cccc2ccsc12. The maximum Gasteiger partial charge on any atom is 0.127 e. The second kappa shape index (κ2) is 5.55. The predicted octanol–water partition coefficient (Wildman–Crippen LogP) is 3.71. The summed E-state index contributed by atoms with van der Waals surface area (Å²) < 4.78 is 1.34. The lowest BCUT2D eigenvalue weighted by Gasteiger charge is -2.17. The molecule has 0 saturated carbocycles. The third-order valence-corrected chi connectivity index (χ3v) is 4.19. The standard InChI is InChI=1S/C15H17N3S/c1-2-7-16-13(15-17-8-9-18-15)12-5-3-4-11-6-10-19-14(11)12/h3-6,8-10,13,16H,2,7H2,1H3,(H,17,18). The first-order valence-electron chi connectivity index (χ1n) is 6.59. The van der Waals surface area contributed by atoms with Gasteiger partial charge in [0.1, 0.15) is 5.82 Å². The van der Waals surface area contributed by atoms with E-state index in [1.54, 1.807) is 11.3 Å². The molecule has 19 heavy (non-hydrogen) atoms. The molecule has 0 radical (unpaired) electrons. The number of hydrogen-bond acceptors (Lipinski definition) is 3. The third kappa shape index (κ3) is 2.41. The second-order valence-electron chi connectivity index (χ2n) is 4.55. The van der Waals surface area contributed by atoms with Crippen molar-refractivity contribution in [3.63, 3.8) is 0 Å². The van der Waals surface area contributed by atoms with Crippen LogP contribution < -0.4 is 5.32 Å². The van der Waals surface area contributed by atoms with E-state index in [9.17, 15) is 0 Å². The van der Waals surface area contributed by atoms with Crippen molar-refractivity contribution in [1.82, 2.24) is 15.3 Å². The Morgan fingerprint density at radius 3 is 3.11 bits per heavy atom. The van der Waals surface area contributed by atoms with Crippen LogP contribution >= 0.6 is 11.3 Å². The molecular weight excluding hydrogens is 254 g/mol. The van der Waals surface area contributed by atoms with Crippen LogP contribution in [0.1, 0.15) is 30.8 Å². The number of aromatic nitrogens is 2. The number of hydrogen-bond donors (Lipinski definition) is 2. The average Bonchev–Trinajstić information content (AvgIpc) is 3.10. The van der Waals surface area contributed by atoms with Crippen molar-refractivity contribution in [3.05, 3.63) is 53.4 Å². The molecule has 0 aliphatic rings. The van der Waals surface area contributed by atoms with Crippen LogP contribution in [0.25, 0.3) is 10.1 Å². The van der Waals surface area contributed by atoms with Gasteiger partial charge in [0.15, 0.2) is 0 Å². The van der Waals surface area contributed by atoms with E-state index in [2.05, 4.69) is 51.9 Å². The summed E-state index contributed by atoms with van der Waals surface area (Å²) in [6.07, 6.45) is 4.80. The monoisotopic (exact) mass is 271 g/mol. The summed E-state index contributed by atoms with van der Waals surface area (Å²) in [6.45, 7) is 3.16. The van der Waals surface area contributed by atoms with Gasteiger partial charge in [0.25, 0.3) is 0 Å². The lowest BCUT2D eigenvalue weighted by molar-refractivity contribution is 0.580. The van der Waals surface area contributed by atoms with Crippen molar-refractivity contribution < 1.29 is 0 Å². The number of thiophene rings is 1. The molecule has 0 saturated heterocycles. The van der Waals surface area contributed by atoms with E-state index in [0.717, 1.165) is 18.8 Å². The Morgan fingerprint density at radius 2 is 2.32 bits per heavy atom. The van der Waals surface area contributed by atoms with Gasteiger partial charge in [-0.25, -0.2) is 4.98 Å². The van der Waals surface area contributed by atoms with Gasteiger partial charge in [0.2, 0.25) is 0 Å². The van der Waals surface area contributed by atoms with Gasteiger partial charge >= 0.3 is 0 Å². The summed E-state index contributed by atoms with van der Waals surface area (Å²) >= 11 is 1.79. The summed E-state index contributed by atoms with van der Waals surface area (Å²) in [5.74, 6) is 0.981. The first kappa shape index (κ1) is 12.4. The molecule has 0 aliphatic carbocycles. The van der Waals surface area contributed by atoms with Crippen LogP contribution in [-0.2, 0) is 0 Å². The van der Waals surface area contributed by atoms with Gasteiger partial charge in [-0.1, -0.05) is 25.1 Å². The van der Waals surface area contributed by atoms with Crippen LogP contribution in [-0.4, -0.2) is 16.5 Å². The van der Waals surface area contributed by atoms with Crippen molar-refractivity contribution in [1.29, 1.82) is 0 Å². The Balaban J connectivity index is 2.06. The highest BCUT2D eigenvalue weighted by Gasteiger charge is 2.18. The lowest BCUT2D eigenvalue weighted by Crippen LogP contribution is -2.24. The fourth-order valence-corrected chi connectivity index (χ4v) is 3.27. The number of rotatable bonds is 5. The topological polar surface area (TPSA) is 40.7 Å². The highest BCUT2D eigenvalue weighted by Crippen LogP contribution is 2.31. The number of benzene rings is 1. The smallest absolute Gasteiger partial charge is 0.127 e. The van der Waals surface area contributed by atoms with E-state index in [1.165, 1.54) is 15.6 Å². The largest absolute Gasteiger partial charge is 0.347 e. The summed E-state index contributed by atoms with van der Waals surface area (Å²) in [7, 11) is 0. The number of nitrogens with zero attached hydrogens (tertiary/aromatic N) is 1. The highest BCUT2D eigenvalue weighted by atomic mass is 32.1.